The highest BCUT2D eigenvalue weighted by Gasteiger charge is 2.15. The van der Waals surface area contributed by atoms with Crippen LogP contribution in [0.4, 0.5) is 0 Å². The van der Waals surface area contributed by atoms with E-state index in [1.54, 1.807) is 12.4 Å². The van der Waals surface area contributed by atoms with E-state index in [2.05, 4.69) is 35.0 Å². The van der Waals surface area contributed by atoms with Crippen LogP contribution in [0.2, 0.25) is 0 Å². The van der Waals surface area contributed by atoms with Gasteiger partial charge in [-0.15, -0.1) is 0 Å². The van der Waals surface area contributed by atoms with Gasteiger partial charge in [-0.05, 0) is 55.2 Å². The minimum atomic E-state index is -0.432. The Morgan fingerprint density at radius 1 is 1.12 bits per heavy atom. The molecule has 2 heterocycles. The molecule has 6 nitrogen and oxygen atoms in total. The number of pyridine rings is 1. The number of amides is 1. The van der Waals surface area contributed by atoms with Crippen molar-refractivity contribution in [2.75, 3.05) is 0 Å². The molecule has 0 saturated carbocycles. The van der Waals surface area contributed by atoms with E-state index < -0.39 is 5.91 Å². The maximum absolute atomic E-state index is 11.3. The highest BCUT2D eigenvalue weighted by atomic mass is 16.1. The maximum Gasteiger partial charge on any atom is 0.225 e. The highest BCUT2D eigenvalue weighted by molar-refractivity contribution is 5.75. The zero-order valence-corrected chi connectivity index (χ0v) is 14.4. The second-order valence-corrected chi connectivity index (χ2v) is 6.07. The van der Waals surface area contributed by atoms with Crippen LogP contribution in [-0.4, -0.2) is 25.7 Å². The molecule has 0 unspecified atom stereocenters. The Bertz CT molecular complexity index is 886. The number of aromatic nitrogens is 4. The summed E-state index contributed by atoms with van der Waals surface area (Å²) in [7, 11) is 0. The van der Waals surface area contributed by atoms with Gasteiger partial charge in [-0.1, -0.05) is 12.1 Å². The fraction of sp³-hybridized carbons (Fsp3) is 0.263. The molecule has 1 amide bonds. The van der Waals surface area contributed by atoms with E-state index in [4.69, 9.17) is 5.73 Å². The Hall–Kier alpha value is -3.02. The second kappa shape index (κ2) is 7.25. The van der Waals surface area contributed by atoms with Gasteiger partial charge >= 0.3 is 0 Å². The van der Waals surface area contributed by atoms with Crippen molar-refractivity contribution in [3.63, 3.8) is 0 Å². The van der Waals surface area contributed by atoms with Crippen LogP contribution in [0.3, 0.4) is 0 Å². The Kier molecular flexibility index (Phi) is 4.88. The van der Waals surface area contributed by atoms with Crippen LogP contribution in [0.1, 0.15) is 28.3 Å². The molecule has 0 atom stereocenters. The number of carbonyl (C=O) groups excluding carboxylic acids is 1. The lowest BCUT2D eigenvalue weighted by molar-refractivity contribution is -0.117. The van der Waals surface area contributed by atoms with Crippen LogP contribution in [0.5, 0.6) is 0 Å². The van der Waals surface area contributed by atoms with E-state index in [1.807, 2.05) is 28.9 Å². The van der Waals surface area contributed by atoms with Gasteiger partial charge in [-0.25, -0.2) is 9.67 Å². The molecular formula is C19H21N5O. The molecule has 0 aliphatic rings. The van der Waals surface area contributed by atoms with Crippen molar-refractivity contribution in [1.29, 1.82) is 0 Å². The number of rotatable bonds is 6. The van der Waals surface area contributed by atoms with Gasteiger partial charge in [-0.2, -0.15) is 5.10 Å². The summed E-state index contributed by atoms with van der Waals surface area (Å²) in [5.41, 5.74) is 9.79. The van der Waals surface area contributed by atoms with Crippen molar-refractivity contribution in [3.05, 3.63) is 71.1 Å². The highest BCUT2D eigenvalue weighted by Crippen LogP contribution is 2.19. The molecule has 0 saturated heterocycles. The van der Waals surface area contributed by atoms with Crippen LogP contribution < -0.4 is 5.73 Å². The zero-order valence-electron chi connectivity index (χ0n) is 14.4. The molecule has 0 spiro atoms. The maximum atomic E-state index is 11.3. The first-order valence-electron chi connectivity index (χ1n) is 8.23. The monoisotopic (exact) mass is 335 g/mol. The summed E-state index contributed by atoms with van der Waals surface area (Å²) in [6, 6.07) is 10.1. The SMILES string of the molecule is Cc1cccc(-n2nc(CC(N)=O)nc2CCc2ccncc2)c1C. The molecule has 0 bridgehead atoms. The molecule has 0 radical (unpaired) electrons. The predicted molar refractivity (Wildman–Crippen MR) is 95.4 cm³/mol. The summed E-state index contributed by atoms with van der Waals surface area (Å²) in [6.45, 7) is 4.13. The summed E-state index contributed by atoms with van der Waals surface area (Å²) < 4.78 is 1.84. The topological polar surface area (TPSA) is 86.7 Å². The minimum absolute atomic E-state index is 0.0418. The first-order valence-corrected chi connectivity index (χ1v) is 8.23. The Labute approximate surface area is 146 Å². The summed E-state index contributed by atoms with van der Waals surface area (Å²) in [6.07, 6.45) is 5.14. The number of nitrogens with two attached hydrogens (primary N) is 1. The number of carbonyl (C=O) groups is 1. The van der Waals surface area contributed by atoms with Gasteiger partial charge < -0.3 is 5.73 Å². The van der Waals surface area contributed by atoms with Crippen LogP contribution in [0.25, 0.3) is 5.69 Å². The Balaban J connectivity index is 1.96. The number of aryl methyl sites for hydroxylation is 3. The van der Waals surface area contributed by atoms with E-state index >= 15 is 0 Å². The van der Waals surface area contributed by atoms with E-state index in [1.165, 1.54) is 11.1 Å². The number of benzene rings is 1. The molecule has 0 aliphatic heterocycles. The predicted octanol–water partition coefficient (Wildman–Crippen LogP) is 2.09. The quantitative estimate of drug-likeness (QED) is 0.747. The van der Waals surface area contributed by atoms with Crippen molar-refractivity contribution in [1.82, 2.24) is 19.7 Å². The number of primary amides is 1. The second-order valence-electron chi connectivity index (χ2n) is 6.07. The third kappa shape index (κ3) is 3.91. The normalized spacial score (nSPS) is 10.8. The Morgan fingerprint density at radius 3 is 2.60 bits per heavy atom. The standard InChI is InChI=1S/C19H21N5O/c1-13-4-3-5-16(14(13)2)24-19(22-18(23-24)12-17(20)25)7-6-15-8-10-21-11-9-15/h3-5,8-11H,6-7,12H2,1-2H3,(H2,20,25). The number of nitrogens with zero attached hydrogens (tertiary/aromatic N) is 4. The van der Waals surface area contributed by atoms with Gasteiger partial charge in [0.05, 0.1) is 12.1 Å². The molecule has 1 aromatic carbocycles. The third-order valence-electron chi connectivity index (χ3n) is 4.24. The van der Waals surface area contributed by atoms with Crippen LogP contribution in [0.15, 0.2) is 42.7 Å². The van der Waals surface area contributed by atoms with Gasteiger partial charge in [0.2, 0.25) is 5.91 Å². The van der Waals surface area contributed by atoms with Crippen molar-refractivity contribution in [3.8, 4) is 5.69 Å². The van der Waals surface area contributed by atoms with Crippen molar-refractivity contribution >= 4 is 5.91 Å². The summed E-state index contributed by atoms with van der Waals surface area (Å²) in [5, 5.41) is 4.53. The minimum Gasteiger partial charge on any atom is -0.369 e. The van der Waals surface area contributed by atoms with Crippen molar-refractivity contribution < 1.29 is 4.79 Å². The van der Waals surface area contributed by atoms with Crippen molar-refractivity contribution in [2.45, 2.75) is 33.1 Å². The molecule has 2 N–H and O–H groups in total. The lowest BCUT2D eigenvalue weighted by Gasteiger charge is -2.11. The van der Waals surface area contributed by atoms with Crippen LogP contribution in [-0.2, 0) is 24.1 Å². The van der Waals surface area contributed by atoms with Crippen LogP contribution >= 0.6 is 0 Å². The van der Waals surface area contributed by atoms with E-state index in [-0.39, 0.29) is 6.42 Å². The van der Waals surface area contributed by atoms with Crippen LogP contribution in [0, 0.1) is 13.8 Å². The lowest BCUT2D eigenvalue weighted by atomic mass is 10.1. The smallest absolute Gasteiger partial charge is 0.225 e. The average molecular weight is 335 g/mol. The Morgan fingerprint density at radius 2 is 1.88 bits per heavy atom. The summed E-state index contributed by atoms with van der Waals surface area (Å²) in [4.78, 5) is 19.8. The molecular weight excluding hydrogens is 314 g/mol. The fourth-order valence-electron chi connectivity index (χ4n) is 2.75. The summed E-state index contributed by atoms with van der Waals surface area (Å²) in [5.74, 6) is 0.846. The largest absolute Gasteiger partial charge is 0.369 e. The van der Waals surface area contributed by atoms with Gasteiger partial charge in [0.25, 0.3) is 0 Å². The van der Waals surface area contributed by atoms with Crippen molar-refractivity contribution in [2.24, 2.45) is 5.73 Å². The first-order chi connectivity index (χ1) is 12.0. The number of hydrogen-bond acceptors (Lipinski definition) is 4. The zero-order chi connectivity index (χ0) is 17.8. The van der Waals surface area contributed by atoms with Gasteiger partial charge in [0.15, 0.2) is 5.82 Å². The molecule has 3 aromatic rings. The first kappa shape index (κ1) is 16.8. The lowest BCUT2D eigenvalue weighted by Crippen LogP contribution is -2.14. The molecule has 0 aliphatic carbocycles. The van der Waals surface area contributed by atoms with E-state index in [0.29, 0.717) is 12.2 Å². The van der Waals surface area contributed by atoms with E-state index in [0.717, 1.165) is 23.5 Å². The van der Waals surface area contributed by atoms with Gasteiger partial charge in [-0.3, -0.25) is 9.78 Å². The molecule has 6 heteroatoms. The third-order valence-corrected chi connectivity index (χ3v) is 4.24. The summed E-state index contributed by atoms with van der Waals surface area (Å²) >= 11 is 0. The molecule has 2 aromatic heterocycles. The molecule has 25 heavy (non-hydrogen) atoms. The van der Waals surface area contributed by atoms with Gasteiger partial charge in [0, 0.05) is 18.8 Å². The van der Waals surface area contributed by atoms with Gasteiger partial charge in [0.1, 0.15) is 5.82 Å². The molecule has 128 valence electrons. The molecule has 0 fully saturated rings. The average Bonchev–Trinajstić information content (AvgIpc) is 2.98. The fourth-order valence-corrected chi connectivity index (χ4v) is 2.75. The van der Waals surface area contributed by atoms with E-state index in [9.17, 15) is 4.79 Å². The number of hydrogen-bond donors (Lipinski definition) is 1. The molecule has 3 rings (SSSR count).